The van der Waals surface area contributed by atoms with Crippen molar-refractivity contribution in [3.8, 4) is 17.0 Å². The zero-order valence-electron chi connectivity index (χ0n) is 15.7. The summed E-state index contributed by atoms with van der Waals surface area (Å²) in [6, 6.07) is 15.9. The van der Waals surface area contributed by atoms with Crippen LogP contribution in [0, 0.1) is 0 Å². The number of carbonyl (C=O) groups is 2. The molecule has 1 unspecified atom stereocenters. The lowest BCUT2D eigenvalue weighted by molar-refractivity contribution is -0.127. The van der Waals surface area contributed by atoms with Gasteiger partial charge in [0.15, 0.2) is 6.10 Å². The van der Waals surface area contributed by atoms with Gasteiger partial charge >= 0.3 is 0 Å². The number of thiazole rings is 1. The zero-order valence-corrected chi connectivity index (χ0v) is 16.5. The number of anilines is 1. The van der Waals surface area contributed by atoms with Gasteiger partial charge in [-0.05, 0) is 37.6 Å². The van der Waals surface area contributed by atoms with Crippen molar-refractivity contribution >= 4 is 28.7 Å². The Labute approximate surface area is 167 Å². The minimum absolute atomic E-state index is 0.0410. The summed E-state index contributed by atoms with van der Waals surface area (Å²) in [6.07, 6.45) is 0.181. The summed E-state index contributed by atoms with van der Waals surface area (Å²) < 4.78 is 5.71. The van der Waals surface area contributed by atoms with Gasteiger partial charge in [-0.2, -0.15) is 0 Å². The first-order chi connectivity index (χ1) is 13.5. The van der Waals surface area contributed by atoms with Gasteiger partial charge in [-0.15, -0.1) is 11.3 Å². The van der Waals surface area contributed by atoms with Crippen LogP contribution in [0.4, 0.5) is 5.69 Å². The van der Waals surface area contributed by atoms with E-state index in [0.29, 0.717) is 11.4 Å². The molecule has 6 heteroatoms. The molecule has 1 atom stereocenters. The van der Waals surface area contributed by atoms with Gasteiger partial charge in [-0.3, -0.25) is 14.5 Å². The number of carbonyl (C=O) groups excluding carboxylic acids is 2. The summed E-state index contributed by atoms with van der Waals surface area (Å²) in [4.78, 5) is 30.4. The molecular formula is C22H20N2O3S. The van der Waals surface area contributed by atoms with E-state index in [2.05, 4.69) is 12.1 Å². The van der Waals surface area contributed by atoms with E-state index in [1.807, 2.05) is 41.8 Å². The van der Waals surface area contributed by atoms with Crippen LogP contribution in [-0.2, 0) is 16.0 Å². The first-order valence-corrected chi connectivity index (χ1v) is 9.99. The minimum Gasteiger partial charge on any atom is -0.479 e. The first-order valence-electron chi connectivity index (χ1n) is 9.11. The van der Waals surface area contributed by atoms with E-state index in [1.54, 1.807) is 18.3 Å². The van der Waals surface area contributed by atoms with Gasteiger partial charge in [0.05, 0.1) is 22.9 Å². The molecule has 142 valence electrons. The quantitative estimate of drug-likeness (QED) is 0.656. The maximum Gasteiger partial charge on any atom is 0.268 e. The monoisotopic (exact) mass is 392 g/mol. The number of amides is 1. The highest BCUT2D eigenvalue weighted by molar-refractivity contribution is 7.10. The average molecular weight is 392 g/mol. The van der Waals surface area contributed by atoms with E-state index in [-0.39, 0.29) is 18.2 Å². The third-order valence-corrected chi connectivity index (χ3v) is 5.44. The SMILES string of the molecule is CC(=O)CN1C(=O)C(C)Oc2ccc(-c3csc(Cc4ccccc4)n3)cc21. The Morgan fingerprint density at radius 2 is 2.00 bits per heavy atom. The normalized spacial score (nSPS) is 15.9. The molecule has 2 heterocycles. The predicted molar refractivity (Wildman–Crippen MR) is 110 cm³/mol. The maximum atomic E-state index is 12.5. The molecule has 1 aliphatic heterocycles. The Balaban J connectivity index is 1.64. The fourth-order valence-electron chi connectivity index (χ4n) is 3.25. The highest BCUT2D eigenvalue weighted by Crippen LogP contribution is 2.37. The third-order valence-electron chi connectivity index (χ3n) is 4.59. The molecule has 1 aliphatic rings. The number of hydrogen-bond acceptors (Lipinski definition) is 5. The van der Waals surface area contributed by atoms with Crippen molar-refractivity contribution in [3.05, 3.63) is 64.5 Å². The largest absolute Gasteiger partial charge is 0.479 e. The molecule has 2 aromatic carbocycles. The molecule has 0 radical (unpaired) electrons. The summed E-state index contributed by atoms with van der Waals surface area (Å²) in [5.74, 6) is 0.331. The molecule has 4 rings (SSSR count). The van der Waals surface area contributed by atoms with Crippen LogP contribution in [0.3, 0.4) is 0 Å². The molecule has 0 fully saturated rings. The van der Waals surface area contributed by atoms with Gasteiger partial charge < -0.3 is 4.74 Å². The van der Waals surface area contributed by atoms with Crippen LogP contribution in [0.5, 0.6) is 5.75 Å². The van der Waals surface area contributed by atoms with E-state index in [1.165, 1.54) is 17.4 Å². The van der Waals surface area contributed by atoms with E-state index >= 15 is 0 Å². The molecular weight excluding hydrogens is 372 g/mol. The lowest BCUT2D eigenvalue weighted by Gasteiger charge is -2.32. The second-order valence-electron chi connectivity index (χ2n) is 6.86. The van der Waals surface area contributed by atoms with Crippen LogP contribution < -0.4 is 9.64 Å². The van der Waals surface area contributed by atoms with E-state index in [0.717, 1.165) is 22.7 Å². The molecule has 5 nitrogen and oxygen atoms in total. The number of hydrogen-bond donors (Lipinski definition) is 0. The fourth-order valence-corrected chi connectivity index (χ4v) is 4.08. The molecule has 0 saturated heterocycles. The average Bonchev–Trinajstić information content (AvgIpc) is 3.14. The molecule has 0 N–H and O–H groups in total. The highest BCUT2D eigenvalue weighted by Gasteiger charge is 2.32. The van der Waals surface area contributed by atoms with Gasteiger partial charge in [-0.1, -0.05) is 30.3 Å². The smallest absolute Gasteiger partial charge is 0.268 e. The van der Waals surface area contributed by atoms with Gasteiger partial charge in [0.2, 0.25) is 0 Å². The summed E-state index contributed by atoms with van der Waals surface area (Å²) in [6.45, 7) is 3.22. The van der Waals surface area contributed by atoms with Crippen molar-refractivity contribution in [2.24, 2.45) is 0 Å². The number of aromatic nitrogens is 1. The van der Waals surface area contributed by atoms with E-state index < -0.39 is 6.10 Å². The second-order valence-corrected chi connectivity index (χ2v) is 7.80. The Morgan fingerprint density at radius 3 is 2.75 bits per heavy atom. The van der Waals surface area contributed by atoms with Crippen LogP contribution in [0.25, 0.3) is 11.3 Å². The zero-order chi connectivity index (χ0) is 19.7. The van der Waals surface area contributed by atoms with Crippen molar-refractivity contribution in [2.45, 2.75) is 26.4 Å². The summed E-state index contributed by atoms with van der Waals surface area (Å²) in [7, 11) is 0. The Morgan fingerprint density at radius 1 is 1.21 bits per heavy atom. The van der Waals surface area contributed by atoms with E-state index in [4.69, 9.17) is 9.72 Å². The molecule has 0 saturated carbocycles. The lowest BCUT2D eigenvalue weighted by Crippen LogP contribution is -2.46. The number of ketones is 1. The second kappa shape index (κ2) is 7.56. The molecule has 28 heavy (non-hydrogen) atoms. The number of ether oxygens (including phenoxy) is 1. The maximum absolute atomic E-state index is 12.5. The standard InChI is InChI=1S/C22H20N2O3S/c1-14(25)12-24-19-11-17(8-9-20(19)27-15(2)22(24)26)18-13-28-21(23-18)10-16-6-4-3-5-7-16/h3-9,11,13,15H,10,12H2,1-2H3. The van der Waals surface area contributed by atoms with Gasteiger partial charge in [0, 0.05) is 17.4 Å². The van der Waals surface area contributed by atoms with Crippen molar-refractivity contribution in [2.75, 3.05) is 11.4 Å². The molecule has 0 aliphatic carbocycles. The van der Waals surface area contributed by atoms with E-state index in [9.17, 15) is 9.59 Å². The number of fused-ring (bicyclic) bond motifs is 1. The predicted octanol–water partition coefficient (Wildman–Crippen LogP) is 4.10. The van der Waals surface area contributed by atoms with Crippen LogP contribution in [0.2, 0.25) is 0 Å². The van der Waals surface area contributed by atoms with Crippen LogP contribution in [0.1, 0.15) is 24.4 Å². The van der Waals surface area contributed by atoms with Gasteiger partial charge in [0.1, 0.15) is 11.5 Å². The Hall–Kier alpha value is -2.99. The van der Waals surface area contributed by atoms with Crippen LogP contribution in [-0.4, -0.2) is 29.3 Å². The highest BCUT2D eigenvalue weighted by atomic mass is 32.1. The number of benzene rings is 2. The van der Waals surface area contributed by atoms with Crippen LogP contribution >= 0.6 is 11.3 Å². The summed E-state index contributed by atoms with van der Waals surface area (Å²) in [5, 5.41) is 3.05. The summed E-state index contributed by atoms with van der Waals surface area (Å²) >= 11 is 1.61. The van der Waals surface area contributed by atoms with Crippen molar-refractivity contribution in [1.82, 2.24) is 4.98 Å². The molecule has 1 amide bonds. The van der Waals surface area contributed by atoms with Crippen LogP contribution in [0.15, 0.2) is 53.9 Å². The lowest BCUT2D eigenvalue weighted by atomic mass is 10.1. The number of Topliss-reactive ketones (excluding diaryl/α,β-unsaturated/α-hetero) is 1. The first kappa shape index (κ1) is 18.4. The third kappa shape index (κ3) is 3.68. The fraction of sp³-hybridized carbons (Fsp3) is 0.227. The molecule has 0 bridgehead atoms. The van der Waals surface area contributed by atoms with Gasteiger partial charge in [0.25, 0.3) is 5.91 Å². The molecule has 3 aromatic rings. The summed E-state index contributed by atoms with van der Waals surface area (Å²) in [5.41, 5.74) is 3.59. The number of nitrogens with zero attached hydrogens (tertiary/aromatic N) is 2. The van der Waals surface area contributed by atoms with Crippen molar-refractivity contribution in [3.63, 3.8) is 0 Å². The van der Waals surface area contributed by atoms with Crippen molar-refractivity contribution in [1.29, 1.82) is 0 Å². The molecule has 0 spiro atoms. The minimum atomic E-state index is -0.602. The Kier molecular flexibility index (Phi) is 4.96. The molecule has 1 aromatic heterocycles. The topological polar surface area (TPSA) is 59.5 Å². The van der Waals surface area contributed by atoms with Gasteiger partial charge in [-0.25, -0.2) is 4.98 Å². The van der Waals surface area contributed by atoms with Crippen molar-refractivity contribution < 1.29 is 14.3 Å². The Bertz CT molecular complexity index is 1030. The number of rotatable bonds is 5.